The number of benzene rings is 1. The summed E-state index contributed by atoms with van der Waals surface area (Å²) in [7, 11) is 0. The Morgan fingerprint density at radius 1 is 1.00 bits per heavy atom. The van der Waals surface area contributed by atoms with Crippen LogP contribution in [-0.4, -0.2) is 22.1 Å². The van der Waals surface area contributed by atoms with E-state index in [0.717, 1.165) is 59.3 Å². The topological polar surface area (TPSA) is 89.8 Å². The molecule has 1 aliphatic carbocycles. The standard InChI is InChI=1S/C20H23N5/c21-14-5-3-13(4-6-14)18-12-19-17(2-1-11-23-19)20(25-18)24-16-9-7-15(22)8-10-16/h1-6,11-12,15-16H,7-10,21-22H2,(H,24,25). The number of aromatic nitrogens is 2. The van der Waals surface area contributed by atoms with Gasteiger partial charge in [-0.25, -0.2) is 4.98 Å². The summed E-state index contributed by atoms with van der Waals surface area (Å²) in [6.45, 7) is 0. The van der Waals surface area contributed by atoms with Crippen molar-refractivity contribution in [2.45, 2.75) is 37.8 Å². The molecule has 5 heteroatoms. The van der Waals surface area contributed by atoms with Gasteiger partial charge in [-0.15, -0.1) is 0 Å². The zero-order valence-electron chi connectivity index (χ0n) is 14.2. The number of nitrogen functional groups attached to an aromatic ring is 1. The average Bonchev–Trinajstić information content (AvgIpc) is 2.64. The summed E-state index contributed by atoms with van der Waals surface area (Å²) in [5.74, 6) is 0.901. The summed E-state index contributed by atoms with van der Waals surface area (Å²) >= 11 is 0. The van der Waals surface area contributed by atoms with Crippen molar-refractivity contribution in [2.24, 2.45) is 5.73 Å². The molecule has 4 rings (SSSR count). The van der Waals surface area contributed by atoms with Gasteiger partial charge in [0.05, 0.1) is 11.2 Å². The van der Waals surface area contributed by atoms with Crippen molar-refractivity contribution in [3.05, 3.63) is 48.7 Å². The monoisotopic (exact) mass is 333 g/mol. The first-order valence-corrected chi connectivity index (χ1v) is 8.83. The first-order chi connectivity index (χ1) is 12.2. The van der Waals surface area contributed by atoms with E-state index in [0.29, 0.717) is 12.1 Å². The van der Waals surface area contributed by atoms with Crippen LogP contribution in [0.25, 0.3) is 22.2 Å². The Hall–Kier alpha value is -2.66. The molecule has 1 aromatic carbocycles. The van der Waals surface area contributed by atoms with E-state index >= 15 is 0 Å². The van der Waals surface area contributed by atoms with Crippen LogP contribution in [0.1, 0.15) is 25.7 Å². The number of nitrogens with one attached hydrogen (secondary N) is 1. The van der Waals surface area contributed by atoms with Gasteiger partial charge in [-0.2, -0.15) is 0 Å². The van der Waals surface area contributed by atoms with Gasteiger partial charge >= 0.3 is 0 Å². The van der Waals surface area contributed by atoms with Gasteiger partial charge in [-0.1, -0.05) is 12.1 Å². The quantitative estimate of drug-likeness (QED) is 0.638. The van der Waals surface area contributed by atoms with Crippen LogP contribution in [0.4, 0.5) is 11.5 Å². The molecule has 0 aliphatic heterocycles. The third-order valence-corrected chi connectivity index (χ3v) is 4.92. The molecule has 128 valence electrons. The Morgan fingerprint density at radius 2 is 1.76 bits per heavy atom. The number of fused-ring (bicyclic) bond motifs is 1. The fourth-order valence-electron chi connectivity index (χ4n) is 3.44. The summed E-state index contributed by atoms with van der Waals surface area (Å²) in [5.41, 5.74) is 15.5. The molecule has 0 bridgehead atoms. The second-order valence-electron chi connectivity index (χ2n) is 6.80. The second kappa shape index (κ2) is 6.69. The van der Waals surface area contributed by atoms with Crippen LogP contribution in [0.2, 0.25) is 0 Å². The molecule has 0 atom stereocenters. The summed E-state index contributed by atoms with van der Waals surface area (Å²) in [4.78, 5) is 9.42. The molecule has 0 saturated heterocycles. The molecule has 1 saturated carbocycles. The van der Waals surface area contributed by atoms with Crippen molar-refractivity contribution in [3.63, 3.8) is 0 Å². The average molecular weight is 333 g/mol. The molecule has 25 heavy (non-hydrogen) atoms. The van der Waals surface area contributed by atoms with Gasteiger partial charge in [0.1, 0.15) is 5.82 Å². The third kappa shape index (κ3) is 3.42. The highest BCUT2D eigenvalue weighted by Crippen LogP contribution is 2.29. The van der Waals surface area contributed by atoms with Crippen molar-refractivity contribution in [1.29, 1.82) is 0 Å². The van der Waals surface area contributed by atoms with Crippen LogP contribution < -0.4 is 16.8 Å². The van der Waals surface area contributed by atoms with E-state index in [1.807, 2.05) is 42.6 Å². The Labute approximate surface area is 147 Å². The molecule has 5 N–H and O–H groups in total. The zero-order chi connectivity index (χ0) is 17.2. The highest BCUT2D eigenvalue weighted by Gasteiger charge is 2.20. The molecule has 1 aliphatic rings. The van der Waals surface area contributed by atoms with Crippen molar-refractivity contribution in [3.8, 4) is 11.3 Å². The molecule has 2 heterocycles. The van der Waals surface area contributed by atoms with E-state index in [9.17, 15) is 0 Å². The van der Waals surface area contributed by atoms with Gasteiger partial charge in [-0.3, -0.25) is 4.98 Å². The number of hydrogen-bond donors (Lipinski definition) is 3. The van der Waals surface area contributed by atoms with Gasteiger partial charge in [0.25, 0.3) is 0 Å². The molecular weight excluding hydrogens is 310 g/mol. The van der Waals surface area contributed by atoms with Crippen LogP contribution in [0.15, 0.2) is 48.7 Å². The number of anilines is 2. The summed E-state index contributed by atoms with van der Waals surface area (Å²) in [6.07, 6.45) is 6.10. The van der Waals surface area contributed by atoms with Gasteiger partial charge in [0.15, 0.2) is 0 Å². The van der Waals surface area contributed by atoms with Crippen LogP contribution in [0.5, 0.6) is 0 Å². The lowest BCUT2D eigenvalue weighted by atomic mass is 9.92. The Morgan fingerprint density at radius 3 is 2.52 bits per heavy atom. The van der Waals surface area contributed by atoms with Crippen molar-refractivity contribution < 1.29 is 0 Å². The summed E-state index contributed by atoms with van der Waals surface area (Å²) in [6, 6.07) is 14.6. The minimum Gasteiger partial charge on any atom is -0.399 e. The second-order valence-corrected chi connectivity index (χ2v) is 6.80. The summed E-state index contributed by atoms with van der Waals surface area (Å²) in [5, 5.41) is 4.69. The van der Waals surface area contributed by atoms with Crippen LogP contribution in [0, 0.1) is 0 Å². The minimum atomic E-state index is 0.338. The Bertz CT molecular complexity index is 867. The molecule has 0 spiro atoms. The minimum absolute atomic E-state index is 0.338. The van der Waals surface area contributed by atoms with Crippen LogP contribution >= 0.6 is 0 Å². The van der Waals surface area contributed by atoms with Gasteiger partial charge in [0, 0.05) is 34.9 Å². The highest BCUT2D eigenvalue weighted by molar-refractivity contribution is 5.92. The molecule has 3 aromatic rings. The van der Waals surface area contributed by atoms with E-state index < -0.39 is 0 Å². The Balaban J connectivity index is 1.72. The zero-order valence-corrected chi connectivity index (χ0v) is 14.2. The molecule has 0 unspecified atom stereocenters. The molecule has 0 amide bonds. The molecule has 2 aromatic heterocycles. The van der Waals surface area contributed by atoms with Crippen molar-refractivity contribution in [2.75, 3.05) is 11.1 Å². The lowest BCUT2D eigenvalue weighted by molar-refractivity contribution is 0.411. The largest absolute Gasteiger partial charge is 0.399 e. The smallest absolute Gasteiger partial charge is 0.136 e. The Kier molecular flexibility index (Phi) is 4.24. The summed E-state index contributed by atoms with van der Waals surface area (Å²) < 4.78 is 0. The lowest BCUT2D eigenvalue weighted by Gasteiger charge is -2.27. The molecule has 1 fully saturated rings. The van der Waals surface area contributed by atoms with Gasteiger partial charge in [-0.05, 0) is 56.0 Å². The first kappa shape index (κ1) is 15.8. The van der Waals surface area contributed by atoms with E-state index in [1.54, 1.807) is 0 Å². The van der Waals surface area contributed by atoms with Gasteiger partial charge < -0.3 is 16.8 Å². The number of rotatable bonds is 3. The van der Waals surface area contributed by atoms with Crippen molar-refractivity contribution in [1.82, 2.24) is 9.97 Å². The maximum atomic E-state index is 6.03. The van der Waals surface area contributed by atoms with E-state index in [4.69, 9.17) is 16.5 Å². The highest BCUT2D eigenvalue weighted by atomic mass is 15.0. The predicted octanol–water partition coefficient (Wildman–Crippen LogP) is 3.56. The lowest BCUT2D eigenvalue weighted by Crippen LogP contribution is -2.33. The molecule has 0 radical (unpaired) electrons. The maximum absolute atomic E-state index is 6.03. The fraction of sp³-hybridized carbons (Fsp3) is 0.300. The van der Waals surface area contributed by atoms with Crippen molar-refractivity contribution >= 4 is 22.4 Å². The number of nitrogens with two attached hydrogens (primary N) is 2. The molecular formula is C20H23N5. The fourth-order valence-corrected chi connectivity index (χ4v) is 3.44. The SMILES string of the molecule is Nc1ccc(-c2cc3ncccc3c(NC3CCC(N)CC3)n2)cc1. The molecule has 5 nitrogen and oxygen atoms in total. The predicted molar refractivity (Wildman–Crippen MR) is 103 cm³/mol. The van der Waals surface area contributed by atoms with E-state index in [1.165, 1.54) is 0 Å². The first-order valence-electron chi connectivity index (χ1n) is 8.83. The number of nitrogens with zero attached hydrogens (tertiary/aromatic N) is 2. The number of hydrogen-bond acceptors (Lipinski definition) is 5. The van der Waals surface area contributed by atoms with Crippen LogP contribution in [-0.2, 0) is 0 Å². The van der Waals surface area contributed by atoms with E-state index in [2.05, 4.69) is 16.4 Å². The normalized spacial score (nSPS) is 20.5. The van der Waals surface area contributed by atoms with Crippen LogP contribution in [0.3, 0.4) is 0 Å². The van der Waals surface area contributed by atoms with Gasteiger partial charge in [0.2, 0.25) is 0 Å². The van der Waals surface area contributed by atoms with E-state index in [-0.39, 0.29) is 0 Å². The third-order valence-electron chi connectivity index (χ3n) is 4.92. The number of pyridine rings is 2. The maximum Gasteiger partial charge on any atom is 0.136 e.